The maximum absolute atomic E-state index is 11.0. The van der Waals surface area contributed by atoms with Crippen LogP contribution in [0.5, 0.6) is 0 Å². The Hall–Kier alpha value is -0.0200. The molecule has 1 unspecified atom stereocenters. The molecule has 0 aliphatic heterocycles. The van der Waals surface area contributed by atoms with Crippen molar-refractivity contribution in [1.82, 2.24) is 0 Å². The van der Waals surface area contributed by atoms with Crippen LogP contribution < -0.4 is 5.11 Å². The van der Waals surface area contributed by atoms with Crippen LogP contribution >= 0.6 is 8.69 Å². The van der Waals surface area contributed by atoms with Crippen molar-refractivity contribution >= 4 is 8.69 Å². The molecule has 10 heavy (non-hydrogen) atoms. The molecule has 0 N–H and O–H groups in total. The van der Waals surface area contributed by atoms with E-state index < -0.39 is 14.9 Å². The minimum Gasteiger partial charge on any atom is -0.804 e. The number of hydrogen-bond donors (Lipinski definition) is 0. The van der Waals surface area contributed by atoms with Crippen molar-refractivity contribution in [3.8, 4) is 0 Å². The minimum atomic E-state index is -0.874. The highest BCUT2D eigenvalue weighted by Crippen LogP contribution is 2.00. The zero-order valence-electron chi connectivity index (χ0n) is 6.40. The quantitative estimate of drug-likeness (QED) is 0.323. The molecule has 0 spiro atoms. The van der Waals surface area contributed by atoms with Crippen molar-refractivity contribution in [2.75, 3.05) is 27.7 Å². The largest absolute Gasteiger partial charge is 0.804 e. The van der Waals surface area contributed by atoms with Gasteiger partial charge in [0, 0.05) is 6.23 Å². The zero-order chi connectivity index (χ0) is 8.20. The van der Waals surface area contributed by atoms with Gasteiger partial charge < -0.3 is 9.59 Å². The second-order valence-corrected chi connectivity index (χ2v) is 3.35. The average Bonchev–Trinajstić information content (AvgIpc) is 1.80. The van der Waals surface area contributed by atoms with Gasteiger partial charge in [-0.15, -0.1) is 0 Å². The van der Waals surface area contributed by atoms with Gasteiger partial charge in [-0.1, -0.05) is 0 Å². The summed E-state index contributed by atoms with van der Waals surface area (Å²) >= 11 is 0. The monoisotopic (exact) mass is 165 g/mol. The van der Waals surface area contributed by atoms with Crippen molar-refractivity contribution in [3.63, 3.8) is 0 Å². The predicted octanol–water partition coefficient (Wildman–Crippen LogP) is -0.398. The Labute approximate surface area is 62.3 Å². The molecule has 0 rings (SSSR count). The summed E-state index contributed by atoms with van der Waals surface area (Å²) in [5.74, 6) is 0. The van der Waals surface area contributed by atoms with E-state index in [0.717, 1.165) is 0 Å². The summed E-state index contributed by atoms with van der Waals surface area (Å²) in [5.41, 5.74) is 0. The number of nitrogens with zero attached hydrogens (tertiary/aromatic N) is 1. The van der Waals surface area contributed by atoms with Crippen molar-refractivity contribution in [2.45, 2.75) is 6.23 Å². The van der Waals surface area contributed by atoms with E-state index in [1.807, 2.05) is 0 Å². The molecule has 0 aromatic heterocycles. The molecule has 0 fully saturated rings. The molecular formula is C5H12NO3P. The normalized spacial score (nSPS) is 15.6. The Balaban J connectivity index is 3.61. The van der Waals surface area contributed by atoms with Crippen LogP contribution in [0.1, 0.15) is 0 Å². The van der Waals surface area contributed by atoms with Crippen molar-refractivity contribution < 1.29 is 18.7 Å². The Morgan fingerprint density at radius 2 is 2.10 bits per heavy atom. The lowest BCUT2D eigenvalue weighted by Crippen LogP contribution is -2.55. The number of rotatable bonds is 4. The van der Waals surface area contributed by atoms with Crippen molar-refractivity contribution in [3.05, 3.63) is 0 Å². The summed E-state index contributed by atoms with van der Waals surface area (Å²) in [6, 6.07) is 0. The van der Waals surface area contributed by atoms with Crippen LogP contribution in [-0.2, 0) is 9.09 Å². The van der Waals surface area contributed by atoms with E-state index in [0.29, 0.717) is 0 Å². The molecule has 0 aromatic carbocycles. The fourth-order valence-corrected chi connectivity index (χ4v) is 0.506. The van der Waals surface area contributed by atoms with E-state index in [4.69, 9.17) is 0 Å². The molecule has 0 saturated heterocycles. The molecule has 0 aliphatic rings. The Morgan fingerprint density at radius 1 is 1.60 bits per heavy atom. The fraction of sp³-hybridized carbons (Fsp3) is 1.00. The van der Waals surface area contributed by atoms with Crippen LogP contribution in [0.2, 0.25) is 0 Å². The molecule has 5 heteroatoms. The fourth-order valence-electron chi connectivity index (χ4n) is 0.318. The average molecular weight is 165 g/mol. The molecule has 0 aromatic rings. The lowest BCUT2D eigenvalue weighted by molar-refractivity contribution is -0.969. The van der Waals surface area contributed by atoms with Crippen LogP contribution in [-0.4, -0.2) is 38.5 Å². The standard InChI is InChI=1S/C5H12NO3P/c1-6(2,3)5(7)4-9-10-8/h5H,4H2,1-3H3. The lowest BCUT2D eigenvalue weighted by Gasteiger charge is -2.37. The minimum absolute atomic E-state index is 0.0193. The molecular weight excluding hydrogens is 153 g/mol. The van der Waals surface area contributed by atoms with E-state index in [1.54, 1.807) is 21.1 Å². The molecule has 0 radical (unpaired) electrons. The van der Waals surface area contributed by atoms with E-state index in [2.05, 4.69) is 4.52 Å². The van der Waals surface area contributed by atoms with Gasteiger partial charge in [-0.05, 0) is 0 Å². The first kappa shape index (κ1) is 9.98. The summed E-state index contributed by atoms with van der Waals surface area (Å²) in [5, 5.41) is 11.0. The highest BCUT2D eigenvalue weighted by Gasteiger charge is 2.11. The smallest absolute Gasteiger partial charge is 0.327 e. The van der Waals surface area contributed by atoms with Gasteiger partial charge >= 0.3 is 8.69 Å². The highest BCUT2D eigenvalue weighted by molar-refractivity contribution is 7.17. The van der Waals surface area contributed by atoms with Crippen LogP contribution in [0.4, 0.5) is 0 Å². The van der Waals surface area contributed by atoms with Crippen LogP contribution in [0.3, 0.4) is 0 Å². The summed E-state index contributed by atoms with van der Waals surface area (Å²) in [4.78, 5) is 0. The van der Waals surface area contributed by atoms with Crippen LogP contribution in [0, 0.1) is 0 Å². The zero-order valence-corrected chi connectivity index (χ0v) is 7.30. The van der Waals surface area contributed by atoms with E-state index in [1.165, 1.54) is 0 Å². The Bertz CT molecular complexity index is 112. The molecule has 60 valence electrons. The van der Waals surface area contributed by atoms with Gasteiger partial charge in [-0.2, -0.15) is 0 Å². The van der Waals surface area contributed by atoms with E-state index in [-0.39, 0.29) is 11.1 Å². The Morgan fingerprint density at radius 3 is 2.40 bits per heavy atom. The Kier molecular flexibility index (Phi) is 3.98. The number of likely N-dealkylation sites (N-methyl/N-ethyl adjacent to an activating group) is 1. The van der Waals surface area contributed by atoms with Gasteiger partial charge in [0.15, 0.2) is 0 Å². The molecule has 0 bridgehead atoms. The SMILES string of the molecule is C[N+](C)(C)C([O-])COP=O. The molecule has 0 aliphatic carbocycles. The number of hydrogen-bond acceptors (Lipinski definition) is 3. The maximum Gasteiger partial charge on any atom is 0.327 e. The second kappa shape index (κ2) is 3.98. The highest BCUT2D eigenvalue weighted by atomic mass is 31.1. The van der Waals surface area contributed by atoms with E-state index >= 15 is 0 Å². The number of quaternary nitrogens is 1. The third kappa shape index (κ3) is 3.90. The van der Waals surface area contributed by atoms with Crippen LogP contribution in [0.25, 0.3) is 0 Å². The lowest BCUT2D eigenvalue weighted by atomic mass is 10.5. The first-order chi connectivity index (χ1) is 4.48. The molecule has 0 saturated carbocycles. The van der Waals surface area contributed by atoms with Crippen molar-refractivity contribution in [1.29, 1.82) is 0 Å². The van der Waals surface area contributed by atoms with Gasteiger partial charge in [0.25, 0.3) is 0 Å². The molecule has 4 nitrogen and oxygen atoms in total. The summed E-state index contributed by atoms with van der Waals surface area (Å²) < 4.78 is 14.4. The van der Waals surface area contributed by atoms with Gasteiger partial charge in [-0.25, -0.2) is 4.57 Å². The van der Waals surface area contributed by atoms with Crippen molar-refractivity contribution in [2.24, 2.45) is 0 Å². The predicted molar refractivity (Wildman–Crippen MR) is 35.4 cm³/mol. The van der Waals surface area contributed by atoms with Gasteiger partial charge in [0.05, 0.1) is 27.7 Å². The first-order valence-electron chi connectivity index (χ1n) is 2.90. The topological polar surface area (TPSA) is 49.4 Å². The molecule has 1 atom stereocenters. The molecule has 0 amide bonds. The maximum atomic E-state index is 11.0. The third-order valence-electron chi connectivity index (χ3n) is 1.13. The van der Waals surface area contributed by atoms with Crippen LogP contribution in [0.15, 0.2) is 0 Å². The first-order valence-corrected chi connectivity index (χ1v) is 3.63. The summed E-state index contributed by atoms with van der Waals surface area (Å²) in [7, 11) is 4.88. The van der Waals surface area contributed by atoms with Gasteiger partial charge in [0.2, 0.25) is 0 Å². The second-order valence-electron chi connectivity index (χ2n) is 2.94. The van der Waals surface area contributed by atoms with E-state index in [9.17, 15) is 9.67 Å². The summed E-state index contributed by atoms with van der Waals surface area (Å²) in [6.45, 7) is -0.0193. The van der Waals surface area contributed by atoms with Gasteiger partial charge in [-0.3, -0.25) is 4.52 Å². The molecule has 0 heterocycles. The van der Waals surface area contributed by atoms with Gasteiger partial charge in [0.1, 0.15) is 0 Å². The third-order valence-corrected chi connectivity index (χ3v) is 1.39. The summed E-state index contributed by atoms with van der Waals surface area (Å²) in [6.07, 6.45) is -0.874.